The normalized spacial score (nSPS) is 13.3. The molecule has 12 nitrogen and oxygen atoms in total. The van der Waals surface area contributed by atoms with Gasteiger partial charge in [0.2, 0.25) is 0 Å². The average molecular weight is 578 g/mol. The molecule has 0 amide bonds. The maximum absolute atomic E-state index is 13.9. The van der Waals surface area contributed by atoms with Gasteiger partial charge in [-0.2, -0.15) is 5.10 Å². The first-order chi connectivity index (χ1) is 19.7. The monoisotopic (exact) mass is 577 g/mol. The largest absolute Gasteiger partial charge is 0.494 e. The number of aryl methyl sites for hydroxylation is 2. The molecule has 41 heavy (non-hydrogen) atoms. The molecule has 0 aliphatic heterocycles. The lowest BCUT2D eigenvalue weighted by atomic mass is 10.1. The van der Waals surface area contributed by atoms with Crippen molar-refractivity contribution in [3.05, 3.63) is 72.2 Å². The second-order valence-electron chi connectivity index (χ2n) is 9.62. The molecule has 0 saturated heterocycles. The van der Waals surface area contributed by atoms with Crippen molar-refractivity contribution >= 4 is 20.7 Å². The molecule has 0 unspecified atom stereocenters. The van der Waals surface area contributed by atoms with E-state index in [4.69, 9.17) is 14.2 Å². The molecular weight excluding hydrogens is 546 g/mol. The fraction of sp³-hybridized carbons (Fsp3) is 0.321. The highest BCUT2D eigenvalue weighted by Gasteiger charge is 2.35. The number of para-hydroxylation sites is 1. The Balaban J connectivity index is 1.67. The Hall–Kier alpha value is -4.36. The molecule has 3 heterocycles. The van der Waals surface area contributed by atoms with Crippen LogP contribution in [0.2, 0.25) is 0 Å². The van der Waals surface area contributed by atoms with Gasteiger partial charge in [-0.3, -0.25) is 9.25 Å². The third kappa shape index (κ3) is 5.25. The maximum Gasteiger partial charge on any atom is 0.171 e. The van der Waals surface area contributed by atoms with E-state index in [2.05, 4.69) is 25.3 Å². The van der Waals surface area contributed by atoms with Crippen LogP contribution in [0, 0.1) is 6.92 Å². The van der Waals surface area contributed by atoms with Gasteiger partial charge in [0.1, 0.15) is 34.6 Å². The quantitative estimate of drug-likeness (QED) is 0.242. The van der Waals surface area contributed by atoms with Crippen LogP contribution in [0.15, 0.2) is 55.0 Å². The predicted octanol–water partition coefficient (Wildman–Crippen LogP) is 3.63. The van der Waals surface area contributed by atoms with Crippen LogP contribution in [0.25, 0.3) is 28.0 Å². The number of hydrogen-bond acceptors (Lipinski definition) is 10. The molecule has 0 saturated carbocycles. The molecule has 0 N–H and O–H groups in total. The Morgan fingerprint density at radius 1 is 0.951 bits per heavy atom. The molecule has 0 aliphatic carbocycles. The Labute approximate surface area is 237 Å². The summed E-state index contributed by atoms with van der Waals surface area (Å²) in [6, 6.07) is 11.0. The van der Waals surface area contributed by atoms with Crippen molar-refractivity contribution in [2.24, 2.45) is 7.05 Å². The highest BCUT2D eigenvalue weighted by molar-refractivity contribution is 7.91. The van der Waals surface area contributed by atoms with Crippen molar-refractivity contribution < 1.29 is 22.6 Å². The van der Waals surface area contributed by atoms with E-state index in [1.165, 1.54) is 21.3 Å². The molecular formula is C28H31N7O5S. The van der Waals surface area contributed by atoms with Gasteiger partial charge in [0.05, 0.1) is 19.5 Å². The summed E-state index contributed by atoms with van der Waals surface area (Å²) in [4.78, 5) is 8.60. The summed E-state index contributed by atoms with van der Waals surface area (Å²) >= 11 is 0. The van der Waals surface area contributed by atoms with Crippen LogP contribution in [0.4, 0.5) is 0 Å². The molecule has 5 aromatic rings. The third-order valence-corrected chi connectivity index (χ3v) is 8.92. The summed E-state index contributed by atoms with van der Waals surface area (Å²) < 4.78 is 48.1. The Morgan fingerprint density at radius 2 is 1.61 bits per heavy atom. The van der Waals surface area contributed by atoms with Crippen molar-refractivity contribution in [1.82, 2.24) is 34.5 Å². The molecule has 13 heteroatoms. The lowest BCUT2D eigenvalue weighted by molar-refractivity contribution is 0.0947. The van der Waals surface area contributed by atoms with Gasteiger partial charge in [-0.1, -0.05) is 18.2 Å². The smallest absolute Gasteiger partial charge is 0.171 e. The molecule has 5 rings (SSSR count). The summed E-state index contributed by atoms with van der Waals surface area (Å²) in [6.07, 6.45) is 4.26. The molecule has 0 radical (unpaired) electrons. The minimum absolute atomic E-state index is 0.169. The molecule has 0 spiro atoms. The number of rotatable bonds is 10. The summed E-state index contributed by atoms with van der Waals surface area (Å²) in [5.74, 6) is 1.29. The minimum Gasteiger partial charge on any atom is -0.494 e. The van der Waals surface area contributed by atoms with E-state index in [9.17, 15) is 8.42 Å². The zero-order chi connectivity index (χ0) is 29.3. The number of sulfone groups is 1. The van der Waals surface area contributed by atoms with Crippen molar-refractivity contribution in [2.75, 3.05) is 21.3 Å². The van der Waals surface area contributed by atoms with Gasteiger partial charge in [-0.25, -0.2) is 18.4 Å². The minimum atomic E-state index is -3.89. The zero-order valence-corrected chi connectivity index (χ0v) is 24.5. The fourth-order valence-electron chi connectivity index (χ4n) is 4.77. The number of hydrogen-bond donors (Lipinski definition) is 0. The molecule has 214 valence electrons. The Morgan fingerprint density at radius 3 is 2.24 bits per heavy atom. The topological polar surface area (TPSA) is 136 Å². The molecule has 0 bridgehead atoms. The van der Waals surface area contributed by atoms with Gasteiger partial charge >= 0.3 is 0 Å². The number of fused-ring (bicyclic) bond motifs is 1. The van der Waals surface area contributed by atoms with E-state index < -0.39 is 26.9 Å². The summed E-state index contributed by atoms with van der Waals surface area (Å²) in [5.41, 5.74) is 2.68. The molecule has 2 atom stereocenters. The van der Waals surface area contributed by atoms with Crippen LogP contribution in [-0.2, 0) is 27.4 Å². The number of aromatic nitrogens is 7. The second-order valence-corrected chi connectivity index (χ2v) is 12.0. The first-order valence-corrected chi connectivity index (χ1v) is 14.5. The van der Waals surface area contributed by atoms with E-state index >= 15 is 0 Å². The molecule has 0 aliphatic rings. The average Bonchev–Trinajstić information content (AvgIpc) is 3.55. The highest BCUT2D eigenvalue weighted by Crippen LogP contribution is 2.38. The van der Waals surface area contributed by atoms with E-state index in [0.717, 1.165) is 10.9 Å². The zero-order valence-electron chi connectivity index (χ0n) is 23.6. The van der Waals surface area contributed by atoms with E-state index in [1.807, 2.05) is 38.4 Å². The maximum atomic E-state index is 13.9. The fourth-order valence-corrected chi connectivity index (χ4v) is 6.19. The van der Waals surface area contributed by atoms with Crippen LogP contribution in [-0.4, -0.2) is 69.5 Å². The standard InChI is InChI=1S/C28H31N7O5S/c1-17-13-29-27(30-14-17)26(40-6)18(2)41(36,37)16-23-31-32-28(20-10-7-9-19-15-34(3)33-24(19)20)35(23)25-21(38-4)11-8-12-22(25)39-5/h7-15,18,26H,16H2,1-6H3/t18-,26-/m0/s1. The molecule has 0 fully saturated rings. The number of ether oxygens (including phenoxy) is 3. The van der Waals surface area contributed by atoms with Crippen LogP contribution >= 0.6 is 0 Å². The number of benzene rings is 2. The van der Waals surface area contributed by atoms with Gasteiger partial charge < -0.3 is 14.2 Å². The SMILES string of the molecule is COc1cccc(OC)c1-n1c(CS(=O)(=O)[C@@H](C)[C@H](OC)c2ncc(C)cn2)nnc1-c1cccc2cn(C)nc12. The number of methoxy groups -OCH3 is 3. The van der Waals surface area contributed by atoms with E-state index in [0.29, 0.717) is 34.1 Å². The first kappa shape index (κ1) is 28.2. The summed E-state index contributed by atoms with van der Waals surface area (Å²) in [6.45, 7) is 3.43. The lowest BCUT2D eigenvalue weighted by Crippen LogP contribution is -2.30. The molecule has 3 aromatic heterocycles. The van der Waals surface area contributed by atoms with Crippen molar-refractivity contribution in [2.45, 2.75) is 31.0 Å². The van der Waals surface area contributed by atoms with Gasteiger partial charge in [0.25, 0.3) is 0 Å². The first-order valence-electron chi connectivity index (χ1n) is 12.8. The van der Waals surface area contributed by atoms with Crippen LogP contribution in [0.3, 0.4) is 0 Å². The summed E-state index contributed by atoms with van der Waals surface area (Å²) in [7, 11) is 2.45. The summed E-state index contributed by atoms with van der Waals surface area (Å²) in [5, 5.41) is 13.4. The van der Waals surface area contributed by atoms with Crippen LogP contribution in [0.1, 0.15) is 30.2 Å². The van der Waals surface area contributed by atoms with Gasteiger partial charge in [-0.05, 0) is 37.6 Å². The van der Waals surface area contributed by atoms with Crippen LogP contribution < -0.4 is 9.47 Å². The van der Waals surface area contributed by atoms with Crippen molar-refractivity contribution in [3.63, 3.8) is 0 Å². The van der Waals surface area contributed by atoms with Crippen molar-refractivity contribution in [1.29, 1.82) is 0 Å². The van der Waals surface area contributed by atoms with Gasteiger partial charge in [0.15, 0.2) is 27.3 Å². The van der Waals surface area contributed by atoms with Crippen molar-refractivity contribution in [3.8, 4) is 28.6 Å². The second kappa shape index (κ2) is 11.3. The molecule has 2 aromatic carbocycles. The predicted molar refractivity (Wildman–Crippen MR) is 153 cm³/mol. The Bertz CT molecular complexity index is 1780. The lowest BCUT2D eigenvalue weighted by Gasteiger charge is -2.22. The van der Waals surface area contributed by atoms with Gasteiger partial charge in [-0.15, -0.1) is 10.2 Å². The number of nitrogens with zero attached hydrogens (tertiary/aromatic N) is 7. The van der Waals surface area contributed by atoms with Gasteiger partial charge in [0, 0.05) is 43.7 Å². The Kier molecular flexibility index (Phi) is 7.74. The van der Waals surface area contributed by atoms with Crippen LogP contribution in [0.5, 0.6) is 11.5 Å². The van der Waals surface area contributed by atoms with E-state index in [1.54, 1.807) is 46.8 Å². The third-order valence-electron chi connectivity index (χ3n) is 6.88. The van der Waals surface area contributed by atoms with E-state index in [-0.39, 0.29) is 11.6 Å². The highest BCUT2D eigenvalue weighted by atomic mass is 32.2.